The summed E-state index contributed by atoms with van der Waals surface area (Å²) in [4.78, 5) is 13.4. The molecule has 0 saturated carbocycles. The highest BCUT2D eigenvalue weighted by Gasteiger charge is 2.11. The highest BCUT2D eigenvalue weighted by atomic mass is 32.2. The zero-order valence-electron chi connectivity index (χ0n) is 12.0. The van der Waals surface area contributed by atoms with Gasteiger partial charge in [0.25, 0.3) is 5.91 Å². The van der Waals surface area contributed by atoms with Gasteiger partial charge in [0, 0.05) is 10.5 Å². The van der Waals surface area contributed by atoms with Crippen molar-refractivity contribution in [2.75, 3.05) is 6.26 Å². The van der Waals surface area contributed by atoms with E-state index in [1.807, 2.05) is 43.5 Å². The highest BCUT2D eigenvalue weighted by Crippen LogP contribution is 2.19. The minimum Gasteiger partial charge on any atom is -0.346 e. The quantitative estimate of drug-likeness (QED) is 0.874. The number of nitrogens with one attached hydrogen (secondary N) is 1. The van der Waals surface area contributed by atoms with Crippen molar-refractivity contribution in [1.82, 2.24) is 5.32 Å². The molecule has 2 aromatic rings. The maximum atomic E-state index is 12.2. The lowest BCUT2D eigenvalue weighted by molar-refractivity contribution is 0.0940. The number of nitriles is 1. The van der Waals surface area contributed by atoms with E-state index in [-0.39, 0.29) is 11.9 Å². The summed E-state index contributed by atoms with van der Waals surface area (Å²) in [6.07, 6.45) is 2.03. The van der Waals surface area contributed by atoms with Gasteiger partial charge in [-0.25, -0.2) is 0 Å². The summed E-state index contributed by atoms with van der Waals surface area (Å²) >= 11 is 1.69. The second-order valence-electron chi connectivity index (χ2n) is 4.66. The van der Waals surface area contributed by atoms with Crippen molar-refractivity contribution < 1.29 is 4.79 Å². The van der Waals surface area contributed by atoms with Crippen molar-refractivity contribution >= 4 is 17.7 Å². The number of nitrogens with zero attached hydrogens (tertiary/aromatic N) is 1. The standard InChI is InChI=1S/C17H16N2OS/c1-12(14-6-8-16(21-2)9-7-14)19-17(20)15-5-3-4-13(10-15)11-18/h3-10,12H,1-2H3,(H,19,20). The molecule has 0 aliphatic heterocycles. The minimum atomic E-state index is -0.173. The number of carbonyl (C=O) groups excluding carboxylic acids is 1. The number of benzene rings is 2. The van der Waals surface area contributed by atoms with Crippen molar-refractivity contribution in [3.8, 4) is 6.07 Å². The molecule has 0 aromatic heterocycles. The Morgan fingerprint density at radius 3 is 2.57 bits per heavy atom. The van der Waals surface area contributed by atoms with Crippen LogP contribution in [0.25, 0.3) is 0 Å². The Balaban J connectivity index is 2.09. The van der Waals surface area contributed by atoms with Gasteiger partial charge in [-0.2, -0.15) is 5.26 Å². The lowest BCUT2D eigenvalue weighted by Gasteiger charge is -2.15. The summed E-state index contributed by atoms with van der Waals surface area (Å²) in [6.45, 7) is 1.94. The van der Waals surface area contributed by atoms with Crippen LogP contribution < -0.4 is 5.32 Å². The van der Waals surface area contributed by atoms with Crippen molar-refractivity contribution in [2.45, 2.75) is 17.9 Å². The van der Waals surface area contributed by atoms with Crippen LogP contribution in [0.1, 0.15) is 34.5 Å². The van der Waals surface area contributed by atoms with Crippen LogP contribution in [-0.4, -0.2) is 12.2 Å². The summed E-state index contributed by atoms with van der Waals surface area (Å²) in [5.41, 5.74) is 2.04. The Morgan fingerprint density at radius 2 is 1.95 bits per heavy atom. The van der Waals surface area contributed by atoms with Gasteiger partial charge in [0.2, 0.25) is 0 Å². The Morgan fingerprint density at radius 1 is 1.24 bits per heavy atom. The third-order valence-corrected chi connectivity index (χ3v) is 3.96. The van der Waals surface area contributed by atoms with Gasteiger partial charge >= 0.3 is 0 Å². The van der Waals surface area contributed by atoms with E-state index in [9.17, 15) is 4.79 Å². The van der Waals surface area contributed by atoms with Gasteiger partial charge < -0.3 is 5.32 Å². The normalized spacial score (nSPS) is 11.5. The largest absolute Gasteiger partial charge is 0.346 e. The SMILES string of the molecule is CSc1ccc(C(C)NC(=O)c2cccc(C#N)c2)cc1. The van der Waals surface area contributed by atoms with Crippen molar-refractivity contribution in [3.05, 3.63) is 65.2 Å². The van der Waals surface area contributed by atoms with Crippen LogP contribution in [0.4, 0.5) is 0 Å². The molecule has 3 nitrogen and oxygen atoms in total. The van der Waals surface area contributed by atoms with E-state index in [1.54, 1.807) is 36.0 Å². The Kier molecular flexibility index (Phi) is 5.02. The summed E-state index contributed by atoms with van der Waals surface area (Å²) in [6, 6.07) is 16.8. The molecule has 21 heavy (non-hydrogen) atoms. The lowest BCUT2D eigenvalue weighted by atomic mass is 10.1. The van der Waals surface area contributed by atoms with Crippen LogP contribution in [0.3, 0.4) is 0 Å². The van der Waals surface area contributed by atoms with Crippen molar-refractivity contribution in [2.24, 2.45) is 0 Å². The number of thioether (sulfide) groups is 1. The highest BCUT2D eigenvalue weighted by molar-refractivity contribution is 7.98. The molecular formula is C17H16N2OS. The van der Waals surface area contributed by atoms with E-state index in [4.69, 9.17) is 5.26 Å². The van der Waals surface area contributed by atoms with Crippen LogP contribution in [0, 0.1) is 11.3 Å². The van der Waals surface area contributed by atoms with E-state index < -0.39 is 0 Å². The van der Waals surface area contributed by atoms with Gasteiger partial charge in [0.05, 0.1) is 17.7 Å². The fraction of sp³-hybridized carbons (Fsp3) is 0.176. The number of carbonyl (C=O) groups is 1. The summed E-state index contributed by atoms with van der Waals surface area (Å²) in [5.74, 6) is -0.173. The first-order valence-corrected chi connectivity index (χ1v) is 7.81. The predicted octanol–water partition coefficient (Wildman–Crippen LogP) is 3.77. The average molecular weight is 296 g/mol. The molecule has 4 heteroatoms. The van der Waals surface area contributed by atoms with Gasteiger partial charge in [0.15, 0.2) is 0 Å². The maximum absolute atomic E-state index is 12.2. The monoisotopic (exact) mass is 296 g/mol. The fourth-order valence-electron chi connectivity index (χ4n) is 1.99. The molecule has 0 saturated heterocycles. The third-order valence-electron chi connectivity index (χ3n) is 3.22. The molecule has 2 rings (SSSR count). The first-order chi connectivity index (χ1) is 10.1. The fourth-order valence-corrected chi connectivity index (χ4v) is 2.39. The smallest absolute Gasteiger partial charge is 0.251 e. The Labute approximate surface area is 129 Å². The van der Waals surface area contributed by atoms with Crippen LogP contribution in [0.5, 0.6) is 0 Å². The average Bonchev–Trinajstić information content (AvgIpc) is 2.54. The number of hydrogen-bond acceptors (Lipinski definition) is 3. The Bertz CT molecular complexity index is 674. The molecule has 1 atom stereocenters. The molecule has 1 unspecified atom stereocenters. The van der Waals surface area contributed by atoms with Crippen LogP contribution in [-0.2, 0) is 0 Å². The first-order valence-electron chi connectivity index (χ1n) is 6.59. The van der Waals surface area contributed by atoms with Crippen LogP contribution in [0.15, 0.2) is 53.4 Å². The summed E-state index contributed by atoms with van der Waals surface area (Å²) in [5, 5.41) is 11.8. The van der Waals surface area contributed by atoms with E-state index in [0.29, 0.717) is 11.1 Å². The molecule has 0 fully saturated rings. The van der Waals surface area contributed by atoms with E-state index in [2.05, 4.69) is 5.32 Å². The van der Waals surface area contributed by atoms with Crippen LogP contribution in [0.2, 0.25) is 0 Å². The molecule has 1 N–H and O–H groups in total. The number of rotatable bonds is 4. The van der Waals surface area contributed by atoms with Crippen molar-refractivity contribution in [3.63, 3.8) is 0 Å². The van der Waals surface area contributed by atoms with Crippen molar-refractivity contribution in [1.29, 1.82) is 5.26 Å². The molecule has 106 valence electrons. The van der Waals surface area contributed by atoms with E-state index in [0.717, 1.165) is 5.56 Å². The molecular weight excluding hydrogens is 280 g/mol. The van der Waals surface area contributed by atoms with E-state index >= 15 is 0 Å². The van der Waals surface area contributed by atoms with Gasteiger partial charge in [-0.05, 0) is 49.1 Å². The topological polar surface area (TPSA) is 52.9 Å². The summed E-state index contributed by atoms with van der Waals surface area (Å²) < 4.78 is 0. The molecule has 1 amide bonds. The van der Waals surface area contributed by atoms with Gasteiger partial charge in [0.1, 0.15) is 0 Å². The third kappa shape index (κ3) is 3.87. The first kappa shape index (κ1) is 15.1. The zero-order chi connectivity index (χ0) is 15.2. The van der Waals surface area contributed by atoms with Gasteiger partial charge in [-0.3, -0.25) is 4.79 Å². The second-order valence-corrected chi connectivity index (χ2v) is 5.54. The number of hydrogen-bond donors (Lipinski definition) is 1. The Hall–Kier alpha value is -2.25. The zero-order valence-corrected chi connectivity index (χ0v) is 12.8. The van der Waals surface area contributed by atoms with Crippen LogP contribution >= 0.6 is 11.8 Å². The molecule has 2 aromatic carbocycles. The lowest BCUT2D eigenvalue weighted by Crippen LogP contribution is -2.26. The second kappa shape index (κ2) is 6.96. The molecule has 0 radical (unpaired) electrons. The molecule has 0 spiro atoms. The maximum Gasteiger partial charge on any atom is 0.251 e. The number of amides is 1. The van der Waals surface area contributed by atoms with Gasteiger partial charge in [-0.1, -0.05) is 18.2 Å². The summed E-state index contributed by atoms with van der Waals surface area (Å²) in [7, 11) is 0. The molecule has 0 heterocycles. The van der Waals surface area contributed by atoms with E-state index in [1.165, 1.54) is 4.90 Å². The predicted molar refractivity (Wildman–Crippen MR) is 85.3 cm³/mol. The molecule has 0 bridgehead atoms. The molecule has 0 aliphatic rings. The van der Waals surface area contributed by atoms with Gasteiger partial charge in [-0.15, -0.1) is 11.8 Å². The minimum absolute atomic E-state index is 0.0841. The molecule has 0 aliphatic carbocycles.